The normalized spacial score (nSPS) is 12.0. The van der Waals surface area contributed by atoms with Crippen molar-refractivity contribution in [3.63, 3.8) is 0 Å². The topological polar surface area (TPSA) is 45.7 Å². The van der Waals surface area contributed by atoms with Crippen LogP contribution in [0.2, 0.25) is 0 Å². The Kier molecular flexibility index (Phi) is 9.99. The van der Waals surface area contributed by atoms with Crippen molar-refractivity contribution in [2.45, 2.75) is 26.3 Å². The average Bonchev–Trinajstić information content (AvgIpc) is 2.63. The molecule has 5 heteroatoms. The molecule has 0 fully saturated rings. The molecule has 0 aliphatic carbocycles. The van der Waals surface area contributed by atoms with Crippen molar-refractivity contribution >= 4 is 29.9 Å². The van der Waals surface area contributed by atoms with E-state index in [4.69, 9.17) is 4.74 Å². The van der Waals surface area contributed by atoms with Crippen LogP contribution in [0.25, 0.3) is 0 Å². The molecule has 0 aliphatic heterocycles. The third-order valence-corrected chi connectivity index (χ3v) is 3.84. The Morgan fingerprint density at radius 3 is 2.44 bits per heavy atom. The molecule has 2 N–H and O–H groups in total. The van der Waals surface area contributed by atoms with Crippen molar-refractivity contribution < 1.29 is 4.74 Å². The summed E-state index contributed by atoms with van der Waals surface area (Å²) in [6.07, 6.45) is 0.848. The minimum absolute atomic E-state index is 0. The van der Waals surface area contributed by atoms with Crippen molar-refractivity contribution in [3.8, 4) is 5.75 Å². The quantitative estimate of drug-likeness (QED) is 0.376. The summed E-state index contributed by atoms with van der Waals surface area (Å²) in [4.78, 5) is 4.69. The Hall–Kier alpha value is -1.76. The molecular formula is C20H28IN3O. The molecule has 136 valence electrons. The molecule has 1 atom stereocenters. The SMILES string of the molecule is CCNC(=NCCc1ccccc1OC)NC(C)c1ccccc1.I. The van der Waals surface area contributed by atoms with Gasteiger partial charge in [-0.2, -0.15) is 0 Å². The van der Waals surface area contributed by atoms with E-state index in [-0.39, 0.29) is 30.0 Å². The summed E-state index contributed by atoms with van der Waals surface area (Å²) in [6, 6.07) is 18.7. The molecule has 0 aromatic heterocycles. The summed E-state index contributed by atoms with van der Waals surface area (Å²) in [5.41, 5.74) is 2.42. The molecule has 4 nitrogen and oxygen atoms in total. The van der Waals surface area contributed by atoms with Gasteiger partial charge in [-0.1, -0.05) is 48.5 Å². The van der Waals surface area contributed by atoms with E-state index < -0.39 is 0 Å². The van der Waals surface area contributed by atoms with Gasteiger partial charge in [-0.25, -0.2) is 0 Å². The van der Waals surface area contributed by atoms with Gasteiger partial charge in [0.2, 0.25) is 0 Å². The highest BCUT2D eigenvalue weighted by atomic mass is 127. The molecule has 0 spiro atoms. The van der Waals surface area contributed by atoms with E-state index >= 15 is 0 Å². The van der Waals surface area contributed by atoms with Crippen LogP contribution in [0.3, 0.4) is 0 Å². The molecular weight excluding hydrogens is 425 g/mol. The van der Waals surface area contributed by atoms with E-state index in [1.54, 1.807) is 7.11 Å². The monoisotopic (exact) mass is 453 g/mol. The number of guanidine groups is 1. The Morgan fingerprint density at radius 1 is 1.08 bits per heavy atom. The lowest BCUT2D eigenvalue weighted by Crippen LogP contribution is -2.38. The van der Waals surface area contributed by atoms with Gasteiger partial charge in [0.1, 0.15) is 5.75 Å². The maximum absolute atomic E-state index is 5.39. The predicted octanol–water partition coefficient (Wildman–Crippen LogP) is 4.17. The lowest BCUT2D eigenvalue weighted by Gasteiger charge is -2.18. The number of ether oxygens (including phenoxy) is 1. The predicted molar refractivity (Wildman–Crippen MR) is 116 cm³/mol. The first-order valence-corrected chi connectivity index (χ1v) is 8.46. The molecule has 0 radical (unpaired) electrons. The molecule has 0 bridgehead atoms. The molecule has 0 heterocycles. The van der Waals surface area contributed by atoms with Gasteiger partial charge < -0.3 is 15.4 Å². The molecule has 2 aromatic carbocycles. The second-order valence-electron chi connectivity index (χ2n) is 5.60. The van der Waals surface area contributed by atoms with Crippen molar-refractivity contribution in [3.05, 3.63) is 65.7 Å². The van der Waals surface area contributed by atoms with Gasteiger partial charge in [0.25, 0.3) is 0 Å². The first-order chi connectivity index (χ1) is 11.7. The zero-order valence-corrected chi connectivity index (χ0v) is 17.5. The Morgan fingerprint density at radius 2 is 1.76 bits per heavy atom. The Labute approximate surface area is 168 Å². The maximum atomic E-state index is 5.39. The highest BCUT2D eigenvalue weighted by molar-refractivity contribution is 14.0. The van der Waals surface area contributed by atoms with Crippen LogP contribution in [0.4, 0.5) is 0 Å². The fraction of sp³-hybridized carbons (Fsp3) is 0.350. The summed E-state index contributed by atoms with van der Waals surface area (Å²) < 4.78 is 5.39. The Bertz CT molecular complexity index is 646. The maximum Gasteiger partial charge on any atom is 0.191 e. The minimum Gasteiger partial charge on any atom is -0.496 e. The van der Waals surface area contributed by atoms with Crippen LogP contribution in [0.5, 0.6) is 5.75 Å². The highest BCUT2D eigenvalue weighted by Gasteiger charge is 2.07. The number of hydrogen-bond acceptors (Lipinski definition) is 2. The molecule has 2 aromatic rings. The first kappa shape index (κ1) is 21.3. The summed E-state index contributed by atoms with van der Waals surface area (Å²) >= 11 is 0. The number of aliphatic imine (C=N–C) groups is 1. The fourth-order valence-corrected chi connectivity index (χ4v) is 2.55. The summed E-state index contributed by atoms with van der Waals surface area (Å²) in [6.45, 7) is 5.76. The van der Waals surface area contributed by atoms with E-state index in [9.17, 15) is 0 Å². The van der Waals surface area contributed by atoms with Gasteiger partial charge >= 0.3 is 0 Å². The van der Waals surface area contributed by atoms with E-state index in [0.717, 1.165) is 24.7 Å². The lowest BCUT2D eigenvalue weighted by molar-refractivity contribution is 0.410. The van der Waals surface area contributed by atoms with Gasteiger partial charge in [0.15, 0.2) is 5.96 Å². The van der Waals surface area contributed by atoms with E-state index in [1.807, 2.05) is 24.3 Å². The van der Waals surface area contributed by atoms with Crippen molar-refractivity contribution in [2.24, 2.45) is 4.99 Å². The van der Waals surface area contributed by atoms with Crippen LogP contribution in [0.1, 0.15) is 31.0 Å². The van der Waals surface area contributed by atoms with Gasteiger partial charge in [-0.05, 0) is 37.5 Å². The second kappa shape index (κ2) is 11.7. The van der Waals surface area contributed by atoms with Crippen LogP contribution in [-0.4, -0.2) is 26.2 Å². The lowest BCUT2D eigenvalue weighted by atomic mass is 10.1. The molecule has 1 unspecified atom stereocenters. The molecule has 0 saturated heterocycles. The number of rotatable bonds is 7. The van der Waals surface area contributed by atoms with Gasteiger partial charge in [0.05, 0.1) is 13.2 Å². The third-order valence-electron chi connectivity index (χ3n) is 3.84. The molecule has 0 aliphatic rings. The number of halogens is 1. The number of para-hydroxylation sites is 1. The molecule has 25 heavy (non-hydrogen) atoms. The second-order valence-corrected chi connectivity index (χ2v) is 5.60. The van der Waals surface area contributed by atoms with E-state index in [0.29, 0.717) is 6.54 Å². The fourth-order valence-electron chi connectivity index (χ4n) is 2.55. The van der Waals surface area contributed by atoms with Crippen molar-refractivity contribution in [1.82, 2.24) is 10.6 Å². The summed E-state index contributed by atoms with van der Waals surface area (Å²) in [5.74, 6) is 1.76. The van der Waals surface area contributed by atoms with Gasteiger partial charge in [-0.15, -0.1) is 24.0 Å². The number of nitrogens with zero attached hydrogens (tertiary/aromatic N) is 1. The molecule has 0 amide bonds. The van der Waals surface area contributed by atoms with Gasteiger partial charge in [-0.3, -0.25) is 4.99 Å². The summed E-state index contributed by atoms with van der Waals surface area (Å²) in [7, 11) is 1.70. The van der Waals surface area contributed by atoms with Crippen LogP contribution in [-0.2, 0) is 6.42 Å². The van der Waals surface area contributed by atoms with Crippen molar-refractivity contribution in [2.75, 3.05) is 20.2 Å². The number of methoxy groups -OCH3 is 1. The van der Waals surface area contributed by atoms with Crippen LogP contribution in [0.15, 0.2) is 59.6 Å². The number of nitrogens with one attached hydrogen (secondary N) is 2. The minimum atomic E-state index is 0. The average molecular weight is 453 g/mol. The highest BCUT2D eigenvalue weighted by Crippen LogP contribution is 2.17. The third kappa shape index (κ3) is 6.94. The summed E-state index contributed by atoms with van der Waals surface area (Å²) in [5, 5.41) is 6.76. The largest absolute Gasteiger partial charge is 0.496 e. The van der Waals surface area contributed by atoms with Crippen LogP contribution in [0, 0.1) is 0 Å². The molecule has 0 saturated carbocycles. The molecule has 2 rings (SSSR count). The number of benzene rings is 2. The standard InChI is InChI=1S/C20H27N3O.HI/c1-4-21-20(23-16(2)17-10-6-5-7-11-17)22-15-14-18-12-8-9-13-19(18)24-3;/h5-13,16H,4,14-15H2,1-3H3,(H2,21,22,23);1H. The van der Waals surface area contributed by atoms with E-state index in [2.05, 4.69) is 59.8 Å². The van der Waals surface area contributed by atoms with Crippen molar-refractivity contribution in [1.29, 1.82) is 0 Å². The zero-order chi connectivity index (χ0) is 17.2. The Balaban J connectivity index is 0.00000312. The van der Waals surface area contributed by atoms with Gasteiger partial charge in [0, 0.05) is 13.1 Å². The van der Waals surface area contributed by atoms with Crippen LogP contribution < -0.4 is 15.4 Å². The van der Waals surface area contributed by atoms with E-state index in [1.165, 1.54) is 11.1 Å². The number of hydrogen-bond donors (Lipinski definition) is 2. The van der Waals surface area contributed by atoms with Crippen LogP contribution >= 0.6 is 24.0 Å². The zero-order valence-electron chi connectivity index (χ0n) is 15.2. The first-order valence-electron chi connectivity index (χ1n) is 8.46. The smallest absolute Gasteiger partial charge is 0.191 e.